The van der Waals surface area contributed by atoms with Crippen LogP contribution in [0.5, 0.6) is 0 Å². The van der Waals surface area contributed by atoms with Crippen LogP contribution in [0.3, 0.4) is 0 Å². The molecule has 0 atom stereocenters. The summed E-state index contributed by atoms with van der Waals surface area (Å²) in [5, 5.41) is 2.55. The monoisotopic (exact) mass is 865 g/mol. The average molecular weight is 866 g/mol. The predicted octanol–water partition coefficient (Wildman–Crippen LogP) is 14.6. The molecule has 0 radical (unpaired) electrons. The van der Waals surface area contributed by atoms with Gasteiger partial charge in [-0.15, -0.1) is 11.3 Å². The lowest BCUT2D eigenvalue weighted by Gasteiger charge is -2.44. The fourth-order valence-electron chi connectivity index (χ4n) is 9.59. The first kappa shape index (κ1) is 37.7. The van der Waals surface area contributed by atoms with Crippen LogP contribution in [0.1, 0.15) is 88.7 Å². The number of aryl methyl sites for hydroxylation is 1. The highest BCUT2D eigenvalue weighted by Gasteiger charge is 2.47. The molecule has 0 N–H and O–H groups in total. The third-order valence-electron chi connectivity index (χ3n) is 13.1. The van der Waals surface area contributed by atoms with Crippen molar-refractivity contribution in [2.45, 2.75) is 105 Å². The van der Waals surface area contributed by atoms with E-state index in [9.17, 15) is 0 Å². The zero-order valence-electron chi connectivity index (χ0n) is 41.3. The molecule has 4 heterocycles. The Kier molecular flexibility index (Phi) is 8.54. The summed E-state index contributed by atoms with van der Waals surface area (Å²) in [7, 11) is -1.86. The molecule has 6 aromatic carbocycles. The molecule has 8 aromatic rings. The Balaban J connectivity index is 1.36. The van der Waals surface area contributed by atoms with E-state index in [1.807, 2.05) is 34.8 Å². The predicted molar refractivity (Wildman–Crippen MR) is 280 cm³/mol. The molecule has 2 aliphatic heterocycles. The van der Waals surface area contributed by atoms with E-state index in [0.29, 0.717) is 5.56 Å². The maximum absolute atomic E-state index is 9.05. The molecular formula is C56H59BN2S2Si. The SMILES string of the molecule is [2H]C([2H])([2H])c1cc2c3c(c1)N(c1ccc(C(C)(C)C)cc1-c1ccccc1)c1cc([Si](C)(C)C)sc1B3c1c(ccc3c1sc1cc(C(C)(C)C)ccc13)N2c1ccc(C(C)(C)C)cc1. The third kappa shape index (κ3) is 6.62. The number of nitrogens with zero attached hydrogens (tertiary/aromatic N) is 2. The first-order valence-electron chi connectivity index (χ1n) is 23.6. The standard InChI is InChI=1S/C56H59BN2S2Si/c1-34-29-45-50-46(30-34)59(43-27-22-37(55(5,6)7)31-42(43)35-17-15-14-16-18-35)47-33-49(62(11,12)13)61-53(47)57(50)51-44(58(45)39-23-19-36(20-24-39)54(2,3)4)28-26-41-40-25-21-38(56(8,9)10)32-48(40)60-52(41)51/h14-33H,1-13H3/i1D3. The Morgan fingerprint density at radius 1 is 0.532 bits per heavy atom. The van der Waals surface area contributed by atoms with E-state index < -0.39 is 14.9 Å². The second kappa shape index (κ2) is 14.1. The van der Waals surface area contributed by atoms with E-state index in [1.165, 1.54) is 51.6 Å². The van der Waals surface area contributed by atoms with Crippen molar-refractivity contribution < 1.29 is 4.11 Å². The summed E-state index contributed by atoms with van der Waals surface area (Å²) >= 11 is 3.89. The molecule has 10 rings (SSSR count). The van der Waals surface area contributed by atoms with Crippen molar-refractivity contribution in [2.24, 2.45) is 0 Å². The quantitative estimate of drug-likeness (QED) is 0.163. The summed E-state index contributed by atoms with van der Waals surface area (Å²) in [4.78, 5) is 4.83. The second-order valence-electron chi connectivity index (χ2n) is 21.7. The van der Waals surface area contributed by atoms with Gasteiger partial charge < -0.3 is 9.80 Å². The Morgan fingerprint density at radius 2 is 1.13 bits per heavy atom. The van der Waals surface area contributed by atoms with E-state index >= 15 is 0 Å². The van der Waals surface area contributed by atoms with Gasteiger partial charge in [-0.2, -0.15) is 11.3 Å². The molecule has 0 aliphatic carbocycles. The van der Waals surface area contributed by atoms with E-state index in [2.05, 4.69) is 201 Å². The minimum absolute atomic E-state index is 0.0176. The van der Waals surface area contributed by atoms with Crippen molar-refractivity contribution in [3.05, 3.63) is 144 Å². The van der Waals surface area contributed by atoms with Crippen LogP contribution in [0.4, 0.5) is 34.1 Å². The number of fused-ring (bicyclic) bond motifs is 8. The molecule has 0 bridgehead atoms. The van der Waals surface area contributed by atoms with Crippen LogP contribution >= 0.6 is 22.7 Å². The molecule has 0 amide bonds. The number of hydrogen-bond acceptors (Lipinski definition) is 4. The number of rotatable bonds is 4. The highest BCUT2D eigenvalue weighted by molar-refractivity contribution is 7.38. The normalized spacial score (nSPS) is 15.0. The molecule has 0 saturated heterocycles. The lowest BCUT2D eigenvalue weighted by molar-refractivity contribution is 0.590. The van der Waals surface area contributed by atoms with Crippen LogP contribution in [0, 0.1) is 6.85 Å². The van der Waals surface area contributed by atoms with Crippen molar-refractivity contribution >= 4 is 112 Å². The summed E-state index contributed by atoms with van der Waals surface area (Å²) in [6.45, 7) is 25.3. The maximum atomic E-state index is 9.05. The molecule has 2 nitrogen and oxygen atoms in total. The molecule has 2 aromatic heterocycles. The van der Waals surface area contributed by atoms with Gasteiger partial charge in [0.05, 0.1) is 19.4 Å². The highest BCUT2D eigenvalue weighted by Crippen LogP contribution is 2.50. The largest absolute Gasteiger partial charge is 0.311 e. The van der Waals surface area contributed by atoms with E-state index in [0.717, 1.165) is 50.7 Å². The van der Waals surface area contributed by atoms with Crippen LogP contribution in [0.2, 0.25) is 19.6 Å². The highest BCUT2D eigenvalue weighted by atomic mass is 32.1. The molecule has 0 fully saturated rings. The molecule has 0 saturated carbocycles. The maximum Gasteiger partial charge on any atom is 0.266 e. The lowest BCUT2D eigenvalue weighted by atomic mass is 9.36. The van der Waals surface area contributed by atoms with Crippen molar-refractivity contribution in [2.75, 3.05) is 9.80 Å². The van der Waals surface area contributed by atoms with Crippen LogP contribution < -0.4 is 30.0 Å². The first-order valence-corrected chi connectivity index (χ1v) is 27.3. The fraction of sp³-hybridized carbons (Fsp3) is 0.286. The summed E-state index contributed by atoms with van der Waals surface area (Å²) in [6.07, 6.45) is 0. The Hall–Kier alpha value is -4.88. The molecule has 62 heavy (non-hydrogen) atoms. The number of hydrogen-bond donors (Lipinski definition) is 0. The van der Waals surface area contributed by atoms with Gasteiger partial charge in [-0.25, -0.2) is 0 Å². The average Bonchev–Trinajstić information content (AvgIpc) is 3.85. The first-order chi connectivity index (χ1) is 30.4. The van der Waals surface area contributed by atoms with Crippen LogP contribution in [0.25, 0.3) is 31.3 Å². The van der Waals surface area contributed by atoms with Crippen molar-refractivity contribution in [3.63, 3.8) is 0 Å². The minimum atomic E-state index is -2.36. The molecule has 0 spiro atoms. The van der Waals surface area contributed by atoms with E-state index in [-0.39, 0.29) is 23.0 Å². The molecule has 0 unspecified atom stereocenters. The van der Waals surface area contributed by atoms with Gasteiger partial charge in [0.2, 0.25) is 0 Å². The van der Waals surface area contributed by atoms with Gasteiger partial charge in [-0.3, -0.25) is 0 Å². The summed E-state index contributed by atoms with van der Waals surface area (Å²) in [6, 6.07) is 44.8. The zero-order valence-corrected chi connectivity index (χ0v) is 41.0. The smallest absolute Gasteiger partial charge is 0.266 e. The topological polar surface area (TPSA) is 6.48 Å². The van der Waals surface area contributed by atoms with Crippen molar-refractivity contribution in [1.82, 2.24) is 0 Å². The lowest BCUT2D eigenvalue weighted by Crippen LogP contribution is -2.60. The molecule has 312 valence electrons. The molecular weight excluding hydrogens is 804 g/mol. The van der Waals surface area contributed by atoms with Gasteiger partial charge in [0.1, 0.15) is 0 Å². The Labute approximate surface area is 383 Å². The summed E-state index contributed by atoms with van der Waals surface area (Å²) < 4.78 is 32.5. The van der Waals surface area contributed by atoms with E-state index in [1.54, 1.807) is 0 Å². The summed E-state index contributed by atoms with van der Waals surface area (Å²) in [5.74, 6) is 0. The van der Waals surface area contributed by atoms with Crippen molar-refractivity contribution in [3.8, 4) is 11.1 Å². The van der Waals surface area contributed by atoms with Crippen LogP contribution in [-0.4, -0.2) is 14.8 Å². The second-order valence-corrected chi connectivity index (χ2v) is 29.3. The van der Waals surface area contributed by atoms with Crippen LogP contribution in [0.15, 0.2) is 121 Å². The van der Waals surface area contributed by atoms with Gasteiger partial charge in [-0.1, -0.05) is 149 Å². The van der Waals surface area contributed by atoms with Gasteiger partial charge in [0, 0.05) is 52.0 Å². The fourth-order valence-corrected chi connectivity index (χ4v) is 14.0. The van der Waals surface area contributed by atoms with Crippen molar-refractivity contribution in [1.29, 1.82) is 0 Å². The summed E-state index contributed by atoms with van der Waals surface area (Å²) in [5.41, 5.74) is 15.0. The van der Waals surface area contributed by atoms with E-state index in [4.69, 9.17) is 4.11 Å². The Bertz CT molecular complexity index is 3190. The number of benzene rings is 6. The molecule has 2 aliphatic rings. The number of thiophene rings is 2. The van der Waals surface area contributed by atoms with Gasteiger partial charge in [0.25, 0.3) is 6.71 Å². The Morgan fingerprint density at radius 3 is 1.77 bits per heavy atom. The zero-order chi connectivity index (χ0) is 46.3. The van der Waals surface area contributed by atoms with Gasteiger partial charge in [-0.05, 0) is 126 Å². The third-order valence-corrected chi connectivity index (χ3v) is 19.1. The number of anilines is 6. The van der Waals surface area contributed by atoms with Crippen LogP contribution in [-0.2, 0) is 16.2 Å². The minimum Gasteiger partial charge on any atom is -0.311 e. The molecule has 6 heteroatoms. The van der Waals surface area contributed by atoms with Gasteiger partial charge >= 0.3 is 0 Å². The van der Waals surface area contributed by atoms with Gasteiger partial charge in [0.15, 0.2) is 0 Å².